The third-order valence-corrected chi connectivity index (χ3v) is 8.16. The van der Waals surface area contributed by atoms with Crippen LogP contribution in [0.2, 0.25) is 0 Å². The highest BCUT2D eigenvalue weighted by Crippen LogP contribution is 2.41. The summed E-state index contributed by atoms with van der Waals surface area (Å²) in [6.45, 7) is 8.22. The molecule has 0 bridgehead atoms. The summed E-state index contributed by atoms with van der Waals surface area (Å²) in [7, 11) is 1.54. The molecule has 4 aromatic rings. The van der Waals surface area contributed by atoms with Crippen LogP contribution in [0, 0.1) is 5.82 Å². The quantitative estimate of drug-likeness (QED) is 0.192. The summed E-state index contributed by atoms with van der Waals surface area (Å²) in [5.74, 6) is 0.970. The van der Waals surface area contributed by atoms with E-state index in [1.807, 2.05) is 26.0 Å². The van der Waals surface area contributed by atoms with Crippen molar-refractivity contribution in [1.29, 1.82) is 0 Å². The molecule has 0 radical (unpaired) electrons. The second kappa shape index (κ2) is 14.5. The average Bonchev–Trinajstić information content (AvgIpc) is 3.34. The Hall–Kier alpha value is -4.90. The Morgan fingerprint density at radius 1 is 0.957 bits per heavy atom. The molecule has 0 aliphatic carbocycles. The third-order valence-electron chi connectivity index (χ3n) is 7.18. The number of hydrogen-bond donors (Lipinski definition) is 0. The second-order valence-electron chi connectivity index (χ2n) is 10.2. The van der Waals surface area contributed by atoms with Crippen LogP contribution in [0.1, 0.15) is 50.4 Å². The van der Waals surface area contributed by atoms with Gasteiger partial charge in [0.2, 0.25) is 0 Å². The predicted molar refractivity (Wildman–Crippen MR) is 173 cm³/mol. The fraction of sp³-hybridized carbons (Fsp3) is 0.286. The average molecular weight is 647 g/mol. The van der Waals surface area contributed by atoms with Crippen LogP contribution >= 0.6 is 11.3 Å². The van der Waals surface area contributed by atoms with Crippen LogP contribution in [-0.4, -0.2) is 37.5 Å². The molecule has 0 unspecified atom stereocenters. The molecule has 1 aliphatic rings. The van der Waals surface area contributed by atoms with Crippen molar-refractivity contribution in [3.8, 4) is 23.0 Å². The number of ether oxygens (including phenoxy) is 5. The summed E-state index contributed by atoms with van der Waals surface area (Å²) in [6, 6.07) is 16.0. The van der Waals surface area contributed by atoms with Crippen LogP contribution in [0.25, 0.3) is 6.08 Å². The first-order valence-corrected chi connectivity index (χ1v) is 15.7. The SMILES string of the molecule is CCOC(=O)C1=C(C)N=c2s/c(=C/c3ccc(OCc4cccc(F)c4)c(OCC)c3)c(=O)n2[C@@H]1c1cccc(OC)c1OCC. The lowest BCUT2D eigenvalue weighted by Gasteiger charge is -2.26. The Morgan fingerprint density at radius 2 is 1.74 bits per heavy atom. The fourth-order valence-corrected chi connectivity index (χ4v) is 6.28. The maximum absolute atomic E-state index is 14.2. The van der Waals surface area contributed by atoms with Gasteiger partial charge in [-0.25, -0.2) is 14.2 Å². The van der Waals surface area contributed by atoms with Gasteiger partial charge in [-0.3, -0.25) is 9.36 Å². The largest absolute Gasteiger partial charge is 0.493 e. The summed E-state index contributed by atoms with van der Waals surface area (Å²) >= 11 is 1.21. The number of benzene rings is 3. The smallest absolute Gasteiger partial charge is 0.338 e. The minimum Gasteiger partial charge on any atom is -0.493 e. The Morgan fingerprint density at radius 3 is 2.46 bits per heavy atom. The molecule has 3 aromatic carbocycles. The first-order chi connectivity index (χ1) is 22.3. The van der Waals surface area contributed by atoms with E-state index in [0.717, 1.165) is 0 Å². The molecule has 11 heteroatoms. The van der Waals surface area contributed by atoms with Crippen LogP contribution in [0.3, 0.4) is 0 Å². The number of fused-ring (bicyclic) bond motifs is 1. The summed E-state index contributed by atoms with van der Waals surface area (Å²) in [4.78, 5) is 32.6. The lowest BCUT2D eigenvalue weighted by molar-refractivity contribution is -0.139. The van der Waals surface area contributed by atoms with Crippen molar-refractivity contribution in [2.75, 3.05) is 26.9 Å². The molecule has 5 rings (SSSR count). The molecule has 9 nitrogen and oxygen atoms in total. The van der Waals surface area contributed by atoms with Crippen LogP contribution in [-0.2, 0) is 16.1 Å². The Labute approximate surface area is 269 Å². The van der Waals surface area contributed by atoms with Gasteiger partial charge in [0.05, 0.1) is 42.7 Å². The summed E-state index contributed by atoms with van der Waals surface area (Å²) in [5, 5.41) is 0. The molecule has 0 fully saturated rings. The molecule has 0 saturated carbocycles. The van der Waals surface area contributed by atoms with E-state index in [0.29, 0.717) is 67.9 Å². The number of carbonyl (C=O) groups is 1. The number of nitrogens with zero attached hydrogens (tertiary/aromatic N) is 2. The number of para-hydroxylation sites is 1. The van der Waals surface area contributed by atoms with E-state index in [1.54, 1.807) is 56.3 Å². The molecule has 1 aliphatic heterocycles. The molecule has 240 valence electrons. The molecule has 0 saturated heterocycles. The number of hydrogen-bond acceptors (Lipinski definition) is 9. The van der Waals surface area contributed by atoms with Crippen LogP contribution in [0.5, 0.6) is 23.0 Å². The van der Waals surface area contributed by atoms with Crippen molar-refractivity contribution >= 4 is 23.4 Å². The number of rotatable bonds is 12. The molecule has 0 amide bonds. The monoisotopic (exact) mass is 646 g/mol. The normalized spacial score (nSPS) is 14.4. The highest BCUT2D eigenvalue weighted by Gasteiger charge is 2.36. The van der Waals surface area contributed by atoms with Gasteiger partial charge in [-0.1, -0.05) is 41.7 Å². The molecular weight excluding hydrogens is 611 g/mol. The van der Waals surface area contributed by atoms with Crippen LogP contribution < -0.4 is 33.8 Å². The number of methoxy groups -OCH3 is 1. The van der Waals surface area contributed by atoms with Crippen molar-refractivity contribution in [1.82, 2.24) is 4.57 Å². The molecule has 46 heavy (non-hydrogen) atoms. The van der Waals surface area contributed by atoms with Gasteiger partial charge >= 0.3 is 5.97 Å². The van der Waals surface area contributed by atoms with Crippen molar-refractivity contribution in [3.63, 3.8) is 0 Å². The molecule has 0 N–H and O–H groups in total. The van der Waals surface area contributed by atoms with E-state index < -0.39 is 12.0 Å². The van der Waals surface area contributed by atoms with E-state index in [9.17, 15) is 14.0 Å². The van der Waals surface area contributed by atoms with E-state index in [-0.39, 0.29) is 30.2 Å². The van der Waals surface area contributed by atoms with E-state index >= 15 is 0 Å². The maximum atomic E-state index is 14.2. The topological polar surface area (TPSA) is 97.6 Å². The van der Waals surface area contributed by atoms with Gasteiger partial charge in [-0.2, -0.15) is 0 Å². The highest BCUT2D eigenvalue weighted by molar-refractivity contribution is 7.07. The fourth-order valence-electron chi connectivity index (χ4n) is 5.23. The van der Waals surface area contributed by atoms with E-state index in [1.165, 1.54) is 35.1 Å². The minimum atomic E-state index is -0.869. The lowest BCUT2D eigenvalue weighted by atomic mass is 9.94. The number of carbonyl (C=O) groups excluding carboxylic acids is 1. The second-order valence-corrected chi connectivity index (χ2v) is 11.2. The molecule has 1 atom stereocenters. The summed E-state index contributed by atoms with van der Waals surface area (Å²) < 4.78 is 44.4. The molecule has 0 spiro atoms. The van der Waals surface area contributed by atoms with Gasteiger partial charge in [-0.05, 0) is 75.2 Å². The molecular formula is C35H35FN2O7S. The van der Waals surface area contributed by atoms with Gasteiger partial charge in [0, 0.05) is 5.56 Å². The Kier molecular flexibility index (Phi) is 10.2. The highest BCUT2D eigenvalue weighted by atomic mass is 32.1. The Balaban J connectivity index is 1.61. The van der Waals surface area contributed by atoms with Gasteiger partial charge in [0.1, 0.15) is 18.5 Å². The number of aromatic nitrogens is 1. The number of thiazole rings is 1. The van der Waals surface area contributed by atoms with E-state index in [4.69, 9.17) is 23.7 Å². The third kappa shape index (κ3) is 6.69. The number of esters is 1. The Bertz CT molecular complexity index is 1960. The van der Waals surface area contributed by atoms with Crippen LogP contribution in [0.15, 0.2) is 81.7 Å². The van der Waals surface area contributed by atoms with Gasteiger partial charge in [0.25, 0.3) is 5.56 Å². The first-order valence-electron chi connectivity index (χ1n) is 14.9. The summed E-state index contributed by atoms with van der Waals surface area (Å²) in [5.41, 5.74) is 2.31. The van der Waals surface area contributed by atoms with Crippen molar-refractivity contribution in [2.24, 2.45) is 4.99 Å². The first kappa shape index (κ1) is 32.5. The van der Waals surface area contributed by atoms with Gasteiger partial charge in [0.15, 0.2) is 27.8 Å². The zero-order valence-corrected chi connectivity index (χ0v) is 27.1. The van der Waals surface area contributed by atoms with Crippen molar-refractivity contribution in [3.05, 3.63) is 114 Å². The van der Waals surface area contributed by atoms with Crippen LogP contribution in [0.4, 0.5) is 4.39 Å². The molecule has 1 aromatic heterocycles. The van der Waals surface area contributed by atoms with Crippen molar-refractivity contribution in [2.45, 2.75) is 40.3 Å². The van der Waals surface area contributed by atoms with Gasteiger partial charge < -0.3 is 23.7 Å². The summed E-state index contributed by atoms with van der Waals surface area (Å²) in [6.07, 6.45) is 1.75. The number of allylic oxidation sites excluding steroid dienone is 1. The lowest BCUT2D eigenvalue weighted by Crippen LogP contribution is -2.40. The maximum Gasteiger partial charge on any atom is 0.338 e. The number of halogens is 1. The minimum absolute atomic E-state index is 0.159. The van der Waals surface area contributed by atoms with Crippen molar-refractivity contribution < 1.29 is 32.9 Å². The molecule has 2 heterocycles. The predicted octanol–water partition coefficient (Wildman–Crippen LogP) is 5.32. The zero-order valence-electron chi connectivity index (χ0n) is 26.3. The van der Waals surface area contributed by atoms with E-state index in [2.05, 4.69) is 4.99 Å². The van der Waals surface area contributed by atoms with Gasteiger partial charge in [-0.15, -0.1) is 0 Å². The standard InChI is InChI=1S/C35H35FN2O7S/c1-6-42-28-18-22(15-16-26(28)45-20-23-11-9-12-24(36)17-23)19-29-33(39)38-31(25-13-10-14-27(41-5)32(25)43-7-2)30(34(40)44-8-3)21(4)37-35(38)46-29/h9-19,31H,6-8,20H2,1-5H3/b29-19+/t31-/m1/s1. The zero-order chi connectivity index (χ0) is 32.8.